The maximum Gasteiger partial charge on any atom is 0.241 e. The number of hydrogen-bond donors (Lipinski definition) is 1. The van der Waals surface area contributed by atoms with Crippen LogP contribution >= 0.6 is 0 Å². The predicted octanol–water partition coefficient (Wildman–Crippen LogP) is 3.62. The molecular formula is C22H25F2N3O. The molecule has 1 fully saturated rings. The zero-order chi connectivity index (χ0) is 19.9. The predicted molar refractivity (Wildman–Crippen MR) is 108 cm³/mol. The molecule has 0 spiro atoms. The highest BCUT2D eigenvalue weighted by molar-refractivity contribution is 5.94. The average Bonchev–Trinajstić information content (AvgIpc) is 2.71. The van der Waals surface area contributed by atoms with Crippen molar-refractivity contribution >= 4 is 17.7 Å². The molecule has 1 aliphatic rings. The van der Waals surface area contributed by atoms with Crippen molar-refractivity contribution < 1.29 is 13.6 Å². The number of nitrogens with one attached hydrogen (secondary N) is 1. The minimum absolute atomic E-state index is 0.385. The molecule has 0 bridgehead atoms. The molecule has 2 aromatic rings. The van der Waals surface area contributed by atoms with E-state index in [4.69, 9.17) is 0 Å². The molecule has 0 radical (unpaired) electrons. The highest BCUT2D eigenvalue weighted by Gasteiger charge is 2.26. The Kier molecular flexibility index (Phi) is 6.90. The summed E-state index contributed by atoms with van der Waals surface area (Å²) >= 11 is 0. The number of piperazine rings is 1. The van der Waals surface area contributed by atoms with Gasteiger partial charge in [-0.1, -0.05) is 48.6 Å². The van der Waals surface area contributed by atoms with E-state index in [-0.39, 0.29) is 5.69 Å². The summed E-state index contributed by atoms with van der Waals surface area (Å²) in [5.74, 6) is -1.94. The molecule has 0 aromatic heterocycles. The molecule has 0 saturated carbocycles. The van der Waals surface area contributed by atoms with E-state index in [0.717, 1.165) is 44.9 Å². The van der Waals surface area contributed by atoms with Crippen molar-refractivity contribution in [1.29, 1.82) is 0 Å². The first kappa shape index (κ1) is 20.2. The Morgan fingerprint density at radius 2 is 1.68 bits per heavy atom. The first-order valence-electron chi connectivity index (χ1n) is 9.47. The number of hydrogen-bond acceptors (Lipinski definition) is 3. The molecule has 0 unspecified atom stereocenters. The van der Waals surface area contributed by atoms with E-state index in [1.165, 1.54) is 11.6 Å². The number of carbonyl (C=O) groups excluding carboxylic acids is 1. The van der Waals surface area contributed by atoms with Gasteiger partial charge in [-0.05, 0) is 24.6 Å². The zero-order valence-corrected chi connectivity index (χ0v) is 15.9. The van der Waals surface area contributed by atoms with Gasteiger partial charge < -0.3 is 5.32 Å². The number of nitrogens with zero attached hydrogens (tertiary/aromatic N) is 2. The van der Waals surface area contributed by atoms with Gasteiger partial charge in [0.15, 0.2) is 0 Å². The molecule has 6 heteroatoms. The molecule has 1 heterocycles. The Labute approximate surface area is 164 Å². The van der Waals surface area contributed by atoms with Gasteiger partial charge in [-0.15, -0.1) is 0 Å². The fourth-order valence-electron chi connectivity index (χ4n) is 3.25. The molecule has 148 valence electrons. The minimum atomic E-state index is -0.768. The summed E-state index contributed by atoms with van der Waals surface area (Å²) in [7, 11) is 0. The monoisotopic (exact) mass is 385 g/mol. The molecule has 0 aliphatic carbocycles. The molecule has 1 amide bonds. The SMILES string of the molecule is C[C@H](C(=O)Nc1c(F)cccc1F)N1CCN(C/C=C/c2ccccc2)CC1. The van der Waals surface area contributed by atoms with E-state index < -0.39 is 23.6 Å². The standard InChI is InChI=1S/C22H25F2N3O/c1-17(22(28)25-21-19(23)10-5-11-20(21)24)27-15-13-26(14-16-27)12-6-9-18-7-3-2-4-8-18/h2-11,17H,12-16H2,1H3,(H,25,28)/b9-6+/t17-/m1/s1. The first-order valence-corrected chi connectivity index (χ1v) is 9.47. The van der Waals surface area contributed by atoms with E-state index in [1.807, 2.05) is 23.1 Å². The van der Waals surface area contributed by atoms with Gasteiger partial charge in [0.05, 0.1) is 6.04 Å². The van der Waals surface area contributed by atoms with Gasteiger partial charge in [-0.2, -0.15) is 0 Å². The Bertz CT molecular complexity index is 798. The lowest BCUT2D eigenvalue weighted by Crippen LogP contribution is -2.52. The lowest BCUT2D eigenvalue weighted by molar-refractivity contribution is -0.121. The fraction of sp³-hybridized carbons (Fsp3) is 0.318. The van der Waals surface area contributed by atoms with Crippen molar-refractivity contribution in [3.05, 3.63) is 71.8 Å². The van der Waals surface area contributed by atoms with Crippen molar-refractivity contribution in [3.63, 3.8) is 0 Å². The largest absolute Gasteiger partial charge is 0.320 e. The van der Waals surface area contributed by atoms with Crippen LogP contribution in [0.1, 0.15) is 12.5 Å². The van der Waals surface area contributed by atoms with Gasteiger partial charge in [0.2, 0.25) is 5.91 Å². The van der Waals surface area contributed by atoms with Crippen LogP contribution in [-0.2, 0) is 4.79 Å². The smallest absolute Gasteiger partial charge is 0.241 e. The molecule has 1 saturated heterocycles. The number of para-hydroxylation sites is 1. The molecule has 3 rings (SSSR count). The van der Waals surface area contributed by atoms with Crippen LogP contribution in [0.4, 0.5) is 14.5 Å². The third kappa shape index (κ3) is 5.24. The van der Waals surface area contributed by atoms with E-state index in [0.29, 0.717) is 0 Å². The Morgan fingerprint density at radius 3 is 2.32 bits per heavy atom. The van der Waals surface area contributed by atoms with Crippen LogP contribution in [0.3, 0.4) is 0 Å². The van der Waals surface area contributed by atoms with Gasteiger partial charge in [0.1, 0.15) is 17.3 Å². The second-order valence-electron chi connectivity index (χ2n) is 6.91. The highest BCUT2D eigenvalue weighted by Crippen LogP contribution is 2.19. The van der Waals surface area contributed by atoms with E-state index >= 15 is 0 Å². The van der Waals surface area contributed by atoms with Crippen LogP contribution < -0.4 is 5.32 Å². The molecular weight excluding hydrogens is 360 g/mol. The second-order valence-corrected chi connectivity index (χ2v) is 6.91. The van der Waals surface area contributed by atoms with Crippen LogP contribution in [-0.4, -0.2) is 54.5 Å². The van der Waals surface area contributed by atoms with Gasteiger partial charge >= 0.3 is 0 Å². The van der Waals surface area contributed by atoms with Crippen LogP contribution in [0.2, 0.25) is 0 Å². The molecule has 1 aliphatic heterocycles. The summed E-state index contributed by atoms with van der Waals surface area (Å²) in [5, 5.41) is 2.38. The van der Waals surface area contributed by atoms with Crippen molar-refractivity contribution in [2.75, 3.05) is 38.0 Å². The topological polar surface area (TPSA) is 35.6 Å². The van der Waals surface area contributed by atoms with Crippen molar-refractivity contribution in [2.24, 2.45) is 0 Å². The third-order valence-corrected chi connectivity index (χ3v) is 5.02. The molecule has 2 aromatic carbocycles. The summed E-state index contributed by atoms with van der Waals surface area (Å²) in [6.45, 7) is 5.75. The van der Waals surface area contributed by atoms with E-state index in [1.54, 1.807) is 6.92 Å². The number of amides is 1. The van der Waals surface area contributed by atoms with Crippen molar-refractivity contribution in [2.45, 2.75) is 13.0 Å². The number of halogens is 2. The maximum atomic E-state index is 13.7. The van der Waals surface area contributed by atoms with E-state index in [2.05, 4.69) is 34.5 Å². The zero-order valence-electron chi connectivity index (χ0n) is 15.9. The summed E-state index contributed by atoms with van der Waals surface area (Å²) in [5.41, 5.74) is 0.788. The first-order chi connectivity index (χ1) is 13.5. The number of carbonyl (C=O) groups is 1. The molecule has 4 nitrogen and oxygen atoms in total. The number of anilines is 1. The second kappa shape index (κ2) is 9.57. The lowest BCUT2D eigenvalue weighted by atomic mass is 10.2. The van der Waals surface area contributed by atoms with Gasteiger partial charge in [0.25, 0.3) is 0 Å². The molecule has 1 atom stereocenters. The summed E-state index contributed by atoms with van der Waals surface area (Å²) < 4.78 is 27.5. The van der Waals surface area contributed by atoms with Crippen LogP contribution in [0.25, 0.3) is 6.08 Å². The Balaban J connectivity index is 1.47. The van der Waals surface area contributed by atoms with E-state index in [9.17, 15) is 13.6 Å². The van der Waals surface area contributed by atoms with Gasteiger partial charge in [-0.25, -0.2) is 8.78 Å². The normalized spacial score (nSPS) is 17.0. The molecule has 1 N–H and O–H groups in total. The third-order valence-electron chi connectivity index (χ3n) is 5.02. The lowest BCUT2D eigenvalue weighted by Gasteiger charge is -2.37. The highest BCUT2D eigenvalue weighted by atomic mass is 19.1. The van der Waals surface area contributed by atoms with Crippen LogP contribution in [0.5, 0.6) is 0 Å². The van der Waals surface area contributed by atoms with Crippen LogP contribution in [0.15, 0.2) is 54.6 Å². The van der Waals surface area contributed by atoms with Crippen LogP contribution in [0, 0.1) is 11.6 Å². The number of benzene rings is 2. The summed E-state index contributed by atoms with van der Waals surface area (Å²) in [6, 6.07) is 13.2. The van der Waals surface area contributed by atoms with Gasteiger partial charge in [0, 0.05) is 32.7 Å². The maximum absolute atomic E-state index is 13.7. The summed E-state index contributed by atoms with van der Waals surface area (Å²) in [6.07, 6.45) is 4.24. The van der Waals surface area contributed by atoms with Crippen molar-refractivity contribution in [1.82, 2.24) is 9.80 Å². The Hall–Kier alpha value is -2.57. The van der Waals surface area contributed by atoms with Gasteiger partial charge in [-0.3, -0.25) is 14.6 Å². The number of rotatable bonds is 6. The van der Waals surface area contributed by atoms with Crippen molar-refractivity contribution in [3.8, 4) is 0 Å². The minimum Gasteiger partial charge on any atom is -0.320 e. The molecule has 28 heavy (non-hydrogen) atoms. The quantitative estimate of drug-likeness (QED) is 0.825. The fourth-order valence-corrected chi connectivity index (χ4v) is 3.25. The average molecular weight is 385 g/mol. The summed E-state index contributed by atoms with van der Waals surface area (Å²) in [4.78, 5) is 16.8. The Morgan fingerprint density at radius 1 is 1.04 bits per heavy atom.